The largest absolute Gasteiger partial charge is 0.478 e. The zero-order valence-corrected chi connectivity index (χ0v) is 9.87. The normalized spacial score (nSPS) is 11.1. The van der Waals surface area contributed by atoms with Gasteiger partial charge in [0.15, 0.2) is 0 Å². The molecule has 0 aromatic heterocycles. The Hall–Kier alpha value is -1.91. The minimum atomic E-state index is -1.22. The number of hydrogen-bond acceptors (Lipinski definition) is 2. The standard InChI is InChI=1S/C12H14FNO3/c1-12(2,11(17)14-3)8-4-7(10(15)16)5-9(13)6-8/h4-6H,1-3H3,(H,14,17)(H,15,16). The quantitative estimate of drug-likeness (QED) is 0.841. The number of hydrogen-bond donors (Lipinski definition) is 2. The molecule has 1 aromatic carbocycles. The van der Waals surface area contributed by atoms with E-state index in [9.17, 15) is 14.0 Å². The maximum absolute atomic E-state index is 13.3. The molecule has 0 saturated carbocycles. The molecule has 0 aliphatic carbocycles. The van der Waals surface area contributed by atoms with Gasteiger partial charge in [0.05, 0.1) is 11.0 Å². The molecule has 0 bridgehead atoms. The Balaban J connectivity index is 3.31. The third-order valence-corrected chi connectivity index (χ3v) is 2.66. The average Bonchev–Trinajstić information content (AvgIpc) is 2.26. The van der Waals surface area contributed by atoms with Crippen molar-refractivity contribution in [1.29, 1.82) is 0 Å². The van der Waals surface area contributed by atoms with E-state index in [1.54, 1.807) is 13.8 Å². The number of rotatable bonds is 3. The van der Waals surface area contributed by atoms with Crippen LogP contribution in [-0.4, -0.2) is 24.0 Å². The first kappa shape index (κ1) is 13.2. The van der Waals surface area contributed by atoms with Crippen molar-refractivity contribution in [3.63, 3.8) is 0 Å². The number of likely N-dealkylation sites (N-methyl/N-ethyl adjacent to an activating group) is 1. The van der Waals surface area contributed by atoms with Crippen LogP contribution in [0.2, 0.25) is 0 Å². The highest BCUT2D eigenvalue weighted by Gasteiger charge is 2.30. The maximum Gasteiger partial charge on any atom is 0.335 e. The lowest BCUT2D eigenvalue weighted by Gasteiger charge is -2.23. The summed E-state index contributed by atoms with van der Waals surface area (Å²) >= 11 is 0. The summed E-state index contributed by atoms with van der Waals surface area (Å²) in [5, 5.41) is 11.3. The summed E-state index contributed by atoms with van der Waals surface area (Å²) in [6, 6.07) is 3.40. The van der Waals surface area contributed by atoms with Gasteiger partial charge in [-0.15, -0.1) is 0 Å². The number of carbonyl (C=O) groups is 2. The van der Waals surface area contributed by atoms with E-state index in [-0.39, 0.29) is 11.5 Å². The van der Waals surface area contributed by atoms with Crippen molar-refractivity contribution in [3.05, 3.63) is 35.1 Å². The number of halogens is 1. The molecule has 0 radical (unpaired) electrons. The van der Waals surface area contributed by atoms with Crippen LogP contribution in [0, 0.1) is 5.82 Å². The van der Waals surface area contributed by atoms with Crippen LogP contribution in [0.5, 0.6) is 0 Å². The number of nitrogens with one attached hydrogen (secondary N) is 1. The van der Waals surface area contributed by atoms with Gasteiger partial charge in [-0.1, -0.05) is 0 Å². The topological polar surface area (TPSA) is 66.4 Å². The molecule has 0 aliphatic heterocycles. The van der Waals surface area contributed by atoms with Gasteiger partial charge >= 0.3 is 5.97 Å². The lowest BCUT2D eigenvalue weighted by molar-refractivity contribution is -0.125. The Kier molecular flexibility index (Phi) is 3.50. The van der Waals surface area contributed by atoms with Crippen molar-refractivity contribution in [2.75, 3.05) is 7.05 Å². The van der Waals surface area contributed by atoms with Gasteiger partial charge in [0.2, 0.25) is 5.91 Å². The summed E-state index contributed by atoms with van der Waals surface area (Å²) in [5.74, 6) is -2.20. The van der Waals surface area contributed by atoms with Gasteiger partial charge in [-0.25, -0.2) is 9.18 Å². The zero-order chi connectivity index (χ0) is 13.2. The fourth-order valence-electron chi connectivity index (χ4n) is 1.52. The summed E-state index contributed by atoms with van der Waals surface area (Å²) in [4.78, 5) is 22.4. The van der Waals surface area contributed by atoms with Crippen LogP contribution in [0.1, 0.15) is 29.8 Å². The van der Waals surface area contributed by atoms with E-state index >= 15 is 0 Å². The smallest absolute Gasteiger partial charge is 0.335 e. The number of carboxylic acid groups (broad SMARTS) is 1. The van der Waals surface area contributed by atoms with Crippen LogP contribution in [0.3, 0.4) is 0 Å². The van der Waals surface area contributed by atoms with Crippen molar-refractivity contribution in [2.45, 2.75) is 19.3 Å². The molecule has 0 unspecified atom stereocenters. The van der Waals surface area contributed by atoms with E-state index in [0.29, 0.717) is 5.56 Å². The van der Waals surface area contributed by atoms with E-state index < -0.39 is 17.2 Å². The van der Waals surface area contributed by atoms with Crippen molar-refractivity contribution < 1.29 is 19.1 Å². The number of amides is 1. The van der Waals surface area contributed by atoms with Crippen molar-refractivity contribution in [1.82, 2.24) is 5.32 Å². The Morgan fingerprint density at radius 1 is 1.29 bits per heavy atom. The van der Waals surface area contributed by atoms with E-state index in [2.05, 4.69) is 5.32 Å². The molecule has 1 amide bonds. The highest BCUT2D eigenvalue weighted by molar-refractivity contribution is 5.90. The monoisotopic (exact) mass is 239 g/mol. The second-order valence-corrected chi connectivity index (χ2v) is 4.24. The van der Waals surface area contributed by atoms with Crippen molar-refractivity contribution >= 4 is 11.9 Å². The summed E-state index contributed by atoms with van der Waals surface area (Å²) in [6.45, 7) is 3.21. The molecule has 1 aromatic rings. The van der Waals surface area contributed by atoms with E-state index in [4.69, 9.17) is 5.11 Å². The maximum atomic E-state index is 13.3. The molecule has 4 nitrogen and oxygen atoms in total. The van der Waals surface area contributed by atoms with Crippen LogP contribution in [-0.2, 0) is 10.2 Å². The lowest BCUT2D eigenvalue weighted by atomic mass is 9.83. The molecular weight excluding hydrogens is 225 g/mol. The van der Waals surface area contributed by atoms with E-state index in [1.807, 2.05) is 0 Å². The van der Waals surface area contributed by atoms with Gasteiger partial charge in [0, 0.05) is 7.05 Å². The van der Waals surface area contributed by atoms with Crippen LogP contribution < -0.4 is 5.32 Å². The van der Waals surface area contributed by atoms with Gasteiger partial charge in [-0.3, -0.25) is 4.79 Å². The number of benzene rings is 1. The molecular formula is C12H14FNO3. The number of aromatic carboxylic acids is 1. The first-order valence-electron chi connectivity index (χ1n) is 5.05. The minimum absolute atomic E-state index is 0.169. The lowest BCUT2D eigenvalue weighted by Crippen LogP contribution is -2.38. The summed E-state index contributed by atoms with van der Waals surface area (Å²) in [6.07, 6.45) is 0. The minimum Gasteiger partial charge on any atom is -0.478 e. The Labute approximate surface area is 98.5 Å². The van der Waals surface area contributed by atoms with Crippen molar-refractivity contribution in [3.8, 4) is 0 Å². The molecule has 0 fully saturated rings. The molecule has 5 heteroatoms. The highest BCUT2D eigenvalue weighted by atomic mass is 19.1. The molecule has 0 saturated heterocycles. The molecule has 0 atom stereocenters. The Bertz CT molecular complexity index is 469. The predicted octanol–water partition coefficient (Wildman–Crippen LogP) is 1.55. The third-order valence-electron chi connectivity index (χ3n) is 2.66. The molecule has 0 heterocycles. The second-order valence-electron chi connectivity index (χ2n) is 4.24. The SMILES string of the molecule is CNC(=O)C(C)(C)c1cc(F)cc(C(=O)O)c1. The predicted molar refractivity (Wildman–Crippen MR) is 60.5 cm³/mol. The molecule has 1 rings (SSSR count). The molecule has 92 valence electrons. The number of carbonyl (C=O) groups excluding carboxylic acids is 1. The number of carboxylic acids is 1. The highest BCUT2D eigenvalue weighted by Crippen LogP contribution is 2.25. The fourth-order valence-corrected chi connectivity index (χ4v) is 1.52. The summed E-state index contributed by atoms with van der Waals surface area (Å²) in [7, 11) is 1.47. The summed E-state index contributed by atoms with van der Waals surface area (Å²) in [5.41, 5.74) is -0.827. The van der Waals surface area contributed by atoms with Gasteiger partial charge in [0.25, 0.3) is 0 Å². The fraction of sp³-hybridized carbons (Fsp3) is 0.333. The molecule has 17 heavy (non-hydrogen) atoms. The van der Waals surface area contributed by atoms with Crippen LogP contribution in [0.25, 0.3) is 0 Å². The van der Waals surface area contributed by atoms with Gasteiger partial charge in [-0.05, 0) is 37.6 Å². The zero-order valence-electron chi connectivity index (χ0n) is 9.87. The average molecular weight is 239 g/mol. The Morgan fingerprint density at radius 3 is 2.35 bits per heavy atom. The summed E-state index contributed by atoms with van der Waals surface area (Å²) < 4.78 is 13.3. The molecule has 0 spiro atoms. The van der Waals surface area contributed by atoms with Crippen molar-refractivity contribution in [2.24, 2.45) is 0 Å². The molecule has 2 N–H and O–H groups in total. The van der Waals surface area contributed by atoms with Gasteiger partial charge < -0.3 is 10.4 Å². The first-order valence-corrected chi connectivity index (χ1v) is 5.05. The van der Waals surface area contributed by atoms with Crippen LogP contribution in [0.15, 0.2) is 18.2 Å². The van der Waals surface area contributed by atoms with Gasteiger partial charge in [-0.2, -0.15) is 0 Å². The second kappa shape index (κ2) is 4.53. The Morgan fingerprint density at radius 2 is 1.88 bits per heavy atom. The molecule has 0 aliphatic rings. The first-order chi connectivity index (χ1) is 7.78. The van der Waals surface area contributed by atoms with E-state index in [1.165, 1.54) is 19.2 Å². The van der Waals surface area contributed by atoms with Gasteiger partial charge in [0.1, 0.15) is 5.82 Å². The van der Waals surface area contributed by atoms with E-state index in [0.717, 1.165) is 6.07 Å². The van der Waals surface area contributed by atoms with Crippen LogP contribution >= 0.6 is 0 Å². The third kappa shape index (κ3) is 2.61. The van der Waals surface area contributed by atoms with Crippen LogP contribution in [0.4, 0.5) is 4.39 Å².